The van der Waals surface area contributed by atoms with Crippen LogP contribution in [0.4, 0.5) is 0 Å². The molecular formula is C20H33N5O5S. The molecule has 0 aromatic heterocycles. The van der Waals surface area contributed by atoms with Crippen LogP contribution in [0.3, 0.4) is 0 Å². The number of carbonyl (C=O) groups excluding carboxylic acids is 2. The number of rotatable bonds is 12. The summed E-state index contributed by atoms with van der Waals surface area (Å²) in [7, 11) is -3.74. The minimum atomic E-state index is -3.74. The second-order valence-electron chi connectivity index (χ2n) is 7.76. The van der Waals surface area contributed by atoms with E-state index in [1.54, 1.807) is 24.3 Å². The first kappa shape index (κ1) is 26.5. The number of aliphatic hydroxyl groups excluding tert-OH is 1. The molecule has 2 amide bonds. The summed E-state index contributed by atoms with van der Waals surface area (Å²) in [6, 6.07) is 4.49. The average Bonchev–Trinajstić information content (AvgIpc) is 2.69. The van der Waals surface area contributed by atoms with Crippen LogP contribution in [0.2, 0.25) is 0 Å². The molecule has 0 saturated carbocycles. The smallest absolute Gasteiger partial charge is 0.242 e. The number of nitrogens with two attached hydrogens (primary N) is 1. The van der Waals surface area contributed by atoms with Crippen molar-refractivity contribution in [2.24, 2.45) is 11.7 Å². The lowest BCUT2D eigenvalue weighted by Crippen LogP contribution is -2.57. The van der Waals surface area contributed by atoms with Gasteiger partial charge < -0.3 is 21.5 Å². The molecule has 1 aromatic carbocycles. The van der Waals surface area contributed by atoms with Crippen molar-refractivity contribution in [1.82, 2.24) is 15.4 Å². The zero-order chi connectivity index (χ0) is 23.8. The Labute approximate surface area is 183 Å². The van der Waals surface area contributed by atoms with Gasteiger partial charge in [0.15, 0.2) is 0 Å². The summed E-state index contributed by atoms with van der Waals surface area (Å²) in [5, 5.41) is 22.6. The minimum Gasteiger partial charge on any atom is -0.391 e. The Morgan fingerprint density at radius 2 is 1.71 bits per heavy atom. The van der Waals surface area contributed by atoms with E-state index in [2.05, 4.69) is 15.4 Å². The summed E-state index contributed by atoms with van der Waals surface area (Å²) >= 11 is 0. The highest BCUT2D eigenvalue weighted by Gasteiger charge is 2.31. The van der Waals surface area contributed by atoms with Gasteiger partial charge in [0.2, 0.25) is 21.8 Å². The maximum atomic E-state index is 12.7. The van der Waals surface area contributed by atoms with Crippen LogP contribution in [0.1, 0.15) is 45.2 Å². The molecule has 0 bridgehead atoms. The number of amides is 2. The maximum Gasteiger partial charge on any atom is 0.242 e. The molecule has 3 atom stereocenters. The molecule has 0 radical (unpaired) electrons. The number of nitrogen functional groups attached to an aromatic ring is 1. The second-order valence-corrected chi connectivity index (χ2v) is 9.80. The van der Waals surface area contributed by atoms with Gasteiger partial charge >= 0.3 is 0 Å². The molecule has 0 aliphatic carbocycles. The van der Waals surface area contributed by atoms with Crippen molar-refractivity contribution in [2.45, 2.75) is 58.8 Å². The fourth-order valence-electron chi connectivity index (χ4n) is 2.73. The van der Waals surface area contributed by atoms with Gasteiger partial charge in [0.25, 0.3) is 0 Å². The highest BCUT2D eigenvalue weighted by atomic mass is 32.2. The highest BCUT2D eigenvalue weighted by molar-refractivity contribution is 7.89. The van der Waals surface area contributed by atoms with E-state index >= 15 is 0 Å². The van der Waals surface area contributed by atoms with Gasteiger partial charge in [-0.3, -0.25) is 15.0 Å². The van der Waals surface area contributed by atoms with E-state index in [0.717, 1.165) is 5.56 Å². The topological polar surface area (TPSA) is 174 Å². The van der Waals surface area contributed by atoms with Crippen molar-refractivity contribution in [3.8, 4) is 0 Å². The lowest BCUT2D eigenvalue weighted by molar-refractivity contribution is -0.131. The van der Waals surface area contributed by atoms with Crippen LogP contribution in [0.5, 0.6) is 0 Å². The van der Waals surface area contributed by atoms with Crippen molar-refractivity contribution in [3.63, 3.8) is 0 Å². The van der Waals surface area contributed by atoms with E-state index < -0.39 is 40.0 Å². The Hall–Kier alpha value is -2.50. The fraction of sp³-hybridized carbons (Fsp3) is 0.550. The molecule has 0 saturated heterocycles. The normalized spacial score (nSPS) is 14.5. The number of carbonyl (C=O) groups is 2. The van der Waals surface area contributed by atoms with Crippen LogP contribution in [0.25, 0.3) is 0 Å². The lowest BCUT2D eigenvalue weighted by atomic mass is 10.0. The molecule has 0 spiro atoms. The monoisotopic (exact) mass is 455 g/mol. The number of nitrogens with one attached hydrogen (secondary N) is 4. The van der Waals surface area contributed by atoms with E-state index in [1.165, 1.54) is 13.8 Å². The molecule has 7 N–H and O–H groups in total. The van der Waals surface area contributed by atoms with Crippen molar-refractivity contribution in [2.75, 3.05) is 5.75 Å². The molecule has 11 heteroatoms. The van der Waals surface area contributed by atoms with Crippen LogP contribution in [-0.2, 0) is 26.2 Å². The Kier molecular flexibility index (Phi) is 10.1. The molecular weight excluding hydrogens is 422 g/mol. The fourth-order valence-corrected chi connectivity index (χ4v) is 3.58. The molecule has 0 fully saturated rings. The molecule has 3 unspecified atom stereocenters. The first-order valence-electron chi connectivity index (χ1n) is 10.1. The van der Waals surface area contributed by atoms with Gasteiger partial charge in [-0.15, -0.1) is 0 Å². The number of sulfonamides is 1. The number of hydrogen-bond donors (Lipinski definition) is 6. The number of aliphatic hydroxyl groups is 1. The molecule has 0 heterocycles. The number of benzene rings is 1. The summed E-state index contributed by atoms with van der Waals surface area (Å²) in [4.78, 5) is 25.4. The summed E-state index contributed by atoms with van der Waals surface area (Å²) in [6.07, 6.45) is -0.961. The van der Waals surface area contributed by atoms with E-state index in [0.29, 0.717) is 12.0 Å². The third kappa shape index (κ3) is 9.03. The average molecular weight is 456 g/mol. The highest BCUT2D eigenvalue weighted by Crippen LogP contribution is 2.08. The Balaban J connectivity index is 2.87. The van der Waals surface area contributed by atoms with Gasteiger partial charge in [0, 0.05) is 12.1 Å². The molecule has 0 aliphatic rings. The maximum absolute atomic E-state index is 12.7. The molecule has 0 aliphatic heterocycles. The van der Waals surface area contributed by atoms with Crippen LogP contribution in [0.15, 0.2) is 24.3 Å². The quantitative estimate of drug-likeness (QED) is 0.188. The third-order valence-electron chi connectivity index (χ3n) is 4.52. The SMILES string of the molecule is CCS(=O)(=O)NC(C(=O)NC(CC(C)C)C(=O)NCc1ccc(C(=N)N)cc1)C(C)O. The van der Waals surface area contributed by atoms with Crippen LogP contribution in [-0.4, -0.2) is 55.1 Å². The number of amidine groups is 1. The third-order valence-corrected chi connectivity index (χ3v) is 5.90. The van der Waals surface area contributed by atoms with E-state index in [-0.39, 0.29) is 24.1 Å². The molecule has 10 nitrogen and oxygen atoms in total. The zero-order valence-electron chi connectivity index (χ0n) is 18.3. The molecule has 1 aromatic rings. The Morgan fingerprint density at radius 1 is 1.13 bits per heavy atom. The second kappa shape index (κ2) is 11.8. The van der Waals surface area contributed by atoms with Gasteiger partial charge in [-0.05, 0) is 31.7 Å². The minimum absolute atomic E-state index is 0.0540. The molecule has 1 rings (SSSR count). The van der Waals surface area contributed by atoms with E-state index in [4.69, 9.17) is 11.1 Å². The van der Waals surface area contributed by atoms with Crippen LogP contribution < -0.4 is 21.1 Å². The van der Waals surface area contributed by atoms with E-state index in [9.17, 15) is 23.1 Å². The Bertz CT molecular complexity index is 868. The van der Waals surface area contributed by atoms with Gasteiger partial charge in [-0.2, -0.15) is 0 Å². The summed E-state index contributed by atoms with van der Waals surface area (Å²) < 4.78 is 25.8. The molecule has 31 heavy (non-hydrogen) atoms. The molecule has 174 valence electrons. The lowest BCUT2D eigenvalue weighted by Gasteiger charge is -2.25. The van der Waals surface area contributed by atoms with E-state index in [1.807, 2.05) is 13.8 Å². The summed E-state index contributed by atoms with van der Waals surface area (Å²) in [5.74, 6) is -1.44. The van der Waals surface area contributed by atoms with Gasteiger partial charge in [-0.25, -0.2) is 13.1 Å². The first-order valence-corrected chi connectivity index (χ1v) is 11.7. The standard InChI is InChI=1S/C20H33N5O5S/c1-5-31(29,30)25-17(13(4)26)20(28)24-16(10-12(2)3)19(27)23-11-14-6-8-15(9-7-14)18(21)22/h6-9,12-13,16-17,25-26H,5,10-11H2,1-4H3,(H3,21,22)(H,23,27)(H,24,28). The van der Waals surface area contributed by atoms with Gasteiger partial charge in [0.05, 0.1) is 11.9 Å². The van der Waals surface area contributed by atoms with Crippen LogP contribution in [0, 0.1) is 11.3 Å². The van der Waals surface area contributed by atoms with Gasteiger partial charge in [0.1, 0.15) is 17.9 Å². The van der Waals surface area contributed by atoms with Crippen molar-refractivity contribution >= 4 is 27.7 Å². The summed E-state index contributed by atoms with van der Waals surface area (Å²) in [6.45, 7) is 6.68. The largest absolute Gasteiger partial charge is 0.391 e. The van der Waals surface area contributed by atoms with Crippen LogP contribution >= 0.6 is 0 Å². The van der Waals surface area contributed by atoms with Gasteiger partial charge in [-0.1, -0.05) is 38.1 Å². The zero-order valence-corrected chi connectivity index (χ0v) is 19.1. The van der Waals surface area contributed by atoms with Crippen molar-refractivity contribution in [3.05, 3.63) is 35.4 Å². The predicted molar refractivity (Wildman–Crippen MR) is 119 cm³/mol. The van der Waals surface area contributed by atoms with Crippen molar-refractivity contribution < 1.29 is 23.1 Å². The predicted octanol–water partition coefficient (Wildman–Crippen LogP) is -0.194. The first-order chi connectivity index (χ1) is 14.4. The summed E-state index contributed by atoms with van der Waals surface area (Å²) in [5.41, 5.74) is 6.78. The Morgan fingerprint density at radius 3 is 2.16 bits per heavy atom. The number of hydrogen-bond acceptors (Lipinski definition) is 6. The van der Waals surface area contributed by atoms with Crippen molar-refractivity contribution in [1.29, 1.82) is 5.41 Å².